The first-order valence-electron chi connectivity index (χ1n) is 4.23. The van der Waals surface area contributed by atoms with Crippen LogP contribution in [0.2, 0.25) is 0 Å². The molecule has 2 aromatic rings. The molecule has 2 heterocycles. The van der Waals surface area contributed by atoms with Gasteiger partial charge in [-0.15, -0.1) is 0 Å². The van der Waals surface area contributed by atoms with Crippen molar-refractivity contribution in [3.63, 3.8) is 0 Å². The standard InChI is InChI=1S/C8H10N4Se3/c1-11-5-3-9-7(11)13-15-14-8-10-4-6-12(8)2/h3-6H,1-2H3. The summed E-state index contributed by atoms with van der Waals surface area (Å²) in [5, 5.41) is 0. The topological polar surface area (TPSA) is 35.6 Å². The predicted octanol–water partition coefficient (Wildman–Crippen LogP) is -1.95. The fraction of sp³-hybridized carbons (Fsp3) is 0.250. The van der Waals surface area contributed by atoms with Crippen LogP contribution in [0.15, 0.2) is 24.8 Å². The Labute approximate surface area is 104 Å². The Bertz CT molecular complexity index is 396. The van der Waals surface area contributed by atoms with Crippen LogP contribution in [0.4, 0.5) is 0 Å². The molecular weight excluding hydrogens is 389 g/mol. The van der Waals surface area contributed by atoms with Gasteiger partial charge in [-0.3, -0.25) is 0 Å². The summed E-state index contributed by atoms with van der Waals surface area (Å²) in [6.07, 6.45) is 7.78. The van der Waals surface area contributed by atoms with Gasteiger partial charge in [0.25, 0.3) is 0 Å². The molecule has 0 spiro atoms. The number of hydrogen-bond acceptors (Lipinski definition) is 2. The second-order valence-corrected chi connectivity index (χ2v) is 18.2. The van der Waals surface area contributed by atoms with Crippen LogP contribution in [0.3, 0.4) is 0 Å². The van der Waals surface area contributed by atoms with Gasteiger partial charge in [-0.1, -0.05) is 0 Å². The van der Waals surface area contributed by atoms with Crippen molar-refractivity contribution in [2.24, 2.45) is 14.1 Å². The molecule has 80 valence electrons. The molecule has 0 aliphatic rings. The summed E-state index contributed by atoms with van der Waals surface area (Å²) < 4.78 is 6.74. The fourth-order valence-corrected chi connectivity index (χ4v) is 16.5. The molecule has 0 fully saturated rings. The van der Waals surface area contributed by atoms with Gasteiger partial charge in [0.15, 0.2) is 0 Å². The number of aromatic nitrogens is 4. The van der Waals surface area contributed by atoms with Crippen molar-refractivity contribution in [3.05, 3.63) is 24.8 Å². The number of hydrogen-bond donors (Lipinski definition) is 0. The van der Waals surface area contributed by atoms with Gasteiger partial charge in [-0.25, -0.2) is 0 Å². The van der Waals surface area contributed by atoms with E-state index < -0.39 is 0 Å². The Morgan fingerprint density at radius 1 is 0.933 bits per heavy atom. The molecular formula is C8H10N4Se3. The van der Waals surface area contributed by atoms with Crippen LogP contribution >= 0.6 is 0 Å². The zero-order valence-corrected chi connectivity index (χ0v) is 13.5. The minimum atomic E-state index is 0.539. The van der Waals surface area contributed by atoms with E-state index in [0.29, 0.717) is 37.6 Å². The quantitative estimate of drug-likeness (QED) is 0.561. The average molecular weight is 399 g/mol. The molecule has 0 amide bonds. The molecule has 0 atom stereocenters. The van der Waals surface area contributed by atoms with Crippen LogP contribution < -0.4 is 9.45 Å². The summed E-state index contributed by atoms with van der Waals surface area (Å²) in [4.78, 5) is 8.69. The van der Waals surface area contributed by atoms with Gasteiger partial charge < -0.3 is 0 Å². The van der Waals surface area contributed by atoms with E-state index >= 15 is 0 Å². The van der Waals surface area contributed by atoms with Crippen LogP contribution in [0.1, 0.15) is 0 Å². The van der Waals surface area contributed by atoms with Gasteiger partial charge in [0.05, 0.1) is 0 Å². The first kappa shape index (κ1) is 11.5. The van der Waals surface area contributed by atoms with Crippen LogP contribution in [-0.4, -0.2) is 56.7 Å². The van der Waals surface area contributed by atoms with Gasteiger partial charge in [0.1, 0.15) is 0 Å². The zero-order chi connectivity index (χ0) is 10.7. The van der Waals surface area contributed by atoms with E-state index in [-0.39, 0.29) is 0 Å². The third kappa shape index (κ3) is 2.97. The molecule has 0 saturated heterocycles. The molecule has 7 heteroatoms. The third-order valence-corrected chi connectivity index (χ3v) is 16.8. The maximum absolute atomic E-state index is 4.35. The summed E-state index contributed by atoms with van der Waals surface area (Å²) in [5.74, 6) is 0. The molecule has 0 bridgehead atoms. The van der Waals surface area contributed by atoms with E-state index in [2.05, 4.69) is 33.2 Å². The Hall–Kier alpha value is -0.0216. The van der Waals surface area contributed by atoms with Crippen LogP contribution in [0.25, 0.3) is 0 Å². The minimum absolute atomic E-state index is 0.539. The van der Waals surface area contributed by atoms with Crippen molar-refractivity contribution in [2.45, 2.75) is 0 Å². The molecule has 2 aromatic heterocycles. The average Bonchev–Trinajstić information content (AvgIpc) is 2.78. The van der Waals surface area contributed by atoms with Crippen LogP contribution in [-0.2, 0) is 14.1 Å². The molecule has 4 nitrogen and oxygen atoms in total. The number of rotatable bonds is 4. The van der Waals surface area contributed by atoms with Crippen molar-refractivity contribution < 1.29 is 0 Å². The van der Waals surface area contributed by atoms with Gasteiger partial charge >= 0.3 is 105 Å². The summed E-state index contributed by atoms with van der Waals surface area (Å²) >= 11 is 1.74. The van der Waals surface area contributed by atoms with E-state index in [1.165, 1.54) is 9.45 Å². The SMILES string of the molecule is Cn1ccnc1[Se][Se][Se]c1nccn1C. The molecule has 0 aromatic carbocycles. The van der Waals surface area contributed by atoms with Crippen molar-refractivity contribution in [2.75, 3.05) is 0 Å². The van der Waals surface area contributed by atoms with E-state index in [1.54, 1.807) is 0 Å². The fourth-order valence-electron chi connectivity index (χ4n) is 0.942. The summed E-state index contributed by atoms with van der Waals surface area (Å²) in [7, 11) is 4.13. The first-order chi connectivity index (χ1) is 7.27. The number of nitrogens with zero attached hydrogens (tertiary/aromatic N) is 4. The monoisotopic (exact) mass is 402 g/mol. The van der Waals surface area contributed by atoms with E-state index in [4.69, 9.17) is 0 Å². The molecule has 0 aliphatic heterocycles. The molecule has 0 N–H and O–H groups in total. The second kappa shape index (κ2) is 5.35. The third-order valence-electron chi connectivity index (χ3n) is 1.77. The molecule has 0 unspecified atom stereocenters. The van der Waals surface area contributed by atoms with Crippen LogP contribution in [0, 0.1) is 0 Å². The Morgan fingerprint density at radius 3 is 1.73 bits per heavy atom. The Balaban J connectivity index is 1.86. The van der Waals surface area contributed by atoms with E-state index in [1.807, 2.05) is 24.8 Å². The Kier molecular flexibility index (Phi) is 4.09. The van der Waals surface area contributed by atoms with Gasteiger partial charge in [0.2, 0.25) is 0 Å². The molecule has 0 aliphatic carbocycles. The van der Waals surface area contributed by atoms with Crippen molar-refractivity contribution in [3.8, 4) is 0 Å². The summed E-state index contributed by atoms with van der Waals surface area (Å²) in [5.41, 5.74) is 0. The second-order valence-electron chi connectivity index (χ2n) is 2.88. The van der Waals surface area contributed by atoms with Crippen LogP contribution in [0.5, 0.6) is 0 Å². The van der Waals surface area contributed by atoms with E-state index in [9.17, 15) is 0 Å². The molecule has 15 heavy (non-hydrogen) atoms. The molecule has 0 saturated carbocycles. The summed E-state index contributed by atoms with van der Waals surface area (Å²) in [6.45, 7) is 0. The number of aryl methyl sites for hydroxylation is 2. The predicted molar refractivity (Wildman–Crippen MR) is 62.9 cm³/mol. The summed E-state index contributed by atoms with van der Waals surface area (Å²) in [6, 6.07) is 0. The van der Waals surface area contributed by atoms with Crippen molar-refractivity contribution in [1.29, 1.82) is 0 Å². The zero-order valence-electron chi connectivity index (χ0n) is 8.32. The first-order valence-corrected chi connectivity index (χ1v) is 14.6. The van der Waals surface area contributed by atoms with E-state index in [0.717, 1.165) is 0 Å². The molecule has 0 radical (unpaired) electrons. The normalized spacial score (nSPS) is 10.8. The maximum atomic E-state index is 4.35. The van der Waals surface area contributed by atoms with Gasteiger partial charge in [-0.2, -0.15) is 0 Å². The molecule has 2 rings (SSSR count). The van der Waals surface area contributed by atoms with Crippen molar-refractivity contribution >= 4 is 47.0 Å². The Morgan fingerprint density at radius 2 is 1.40 bits per heavy atom. The number of imidazole rings is 2. The van der Waals surface area contributed by atoms with Gasteiger partial charge in [0, 0.05) is 0 Å². The van der Waals surface area contributed by atoms with Crippen molar-refractivity contribution in [1.82, 2.24) is 19.1 Å². The van der Waals surface area contributed by atoms with Gasteiger partial charge in [-0.05, 0) is 0 Å².